The molecule has 4 rings (SSSR count). The lowest BCUT2D eigenvalue weighted by Crippen LogP contribution is -2.32. The summed E-state index contributed by atoms with van der Waals surface area (Å²) in [5, 5.41) is 2.98. The standard InChI is InChI=1S/C21H23BrN2O3/c22-16-4-1-5-17(13-16)23-21(25)14-24-9-2-6-18(24)15-7-8-19-20(12-15)27-11-3-10-26-19/h1,4-5,7-8,12-13,18H,2-3,6,9-11,14H2,(H,23,25)/t18-/m0/s1. The third kappa shape index (κ3) is 4.45. The predicted octanol–water partition coefficient (Wildman–Crippen LogP) is 4.39. The summed E-state index contributed by atoms with van der Waals surface area (Å²) >= 11 is 3.43. The van der Waals surface area contributed by atoms with Gasteiger partial charge in [0, 0.05) is 22.6 Å². The highest BCUT2D eigenvalue weighted by atomic mass is 79.9. The van der Waals surface area contributed by atoms with E-state index in [2.05, 4.69) is 38.3 Å². The first-order chi connectivity index (χ1) is 13.2. The van der Waals surface area contributed by atoms with E-state index in [-0.39, 0.29) is 11.9 Å². The molecular formula is C21H23BrN2O3. The van der Waals surface area contributed by atoms with Crippen molar-refractivity contribution in [2.45, 2.75) is 25.3 Å². The van der Waals surface area contributed by atoms with Gasteiger partial charge in [-0.3, -0.25) is 9.69 Å². The maximum Gasteiger partial charge on any atom is 0.238 e. The van der Waals surface area contributed by atoms with Gasteiger partial charge in [0.15, 0.2) is 11.5 Å². The zero-order valence-electron chi connectivity index (χ0n) is 15.1. The molecule has 0 radical (unpaired) electrons. The van der Waals surface area contributed by atoms with Gasteiger partial charge >= 0.3 is 0 Å². The summed E-state index contributed by atoms with van der Waals surface area (Å²) in [4.78, 5) is 14.8. The first-order valence-electron chi connectivity index (χ1n) is 9.38. The molecule has 1 amide bonds. The average molecular weight is 431 g/mol. The number of fused-ring (bicyclic) bond motifs is 1. The van der Waals surface area contributed by atoms with Crippen LogP contribution in [0.15, 0.2) is 46.9 Å². The van der Waals surface area contributed by atoms with Gasteiger partial charge in [0.25, 0.3) is 0 Å². The van der Waals surface area contributed by atoms with Crippen molar-refractivity contribution in [3.63, 3.8) is 0 Å². The van der Waals surface area contributed by atoms with E-state index < -0.39 is 0 Å². The molecule has 1 fully saturated rings. The molecular weight excluding hydrogens is 408 g/mol. The number of ether oxygens (including phenoxy) is 2. The van der Waals surface area contributed by atoms with Crippen LogP contribution in [0.4, 0.5) is 5.69 Å². The normalized spacial score (nSPS) is 19.5. The van der Waals surface area contributed by atoms with Crippen molar-refractivity contribution in [2.24, 2.45) is 0 Å². The molecule has 0 bridgehead atoms. The van der Waals surface area contributed by atoms with Crippen molar-refractivity contribution in [2.75, 3.05) is 31.6 Å². The van der Waals surface area contributed by atoms with Gasteiger partial charge in [0.1, 0.15) is 0 Å². The minimum atomic E-state index is 0.00865. The van der Waals surface area contributed by atoms with Crippen LogP contribution in [0.3, 0.4) is 0 Å². The summed E-state index contributed by atoms with van der Waals surface area (Å²) in [5.74, 6) is 1.64. The molecule has 2 aromatic carbocycles. The highest BCUT2D eigenvalue weighted by Crippen LogP contribution is 2.37. The average Bonchev–Trinajstić information content (AvgIpc) is 2.97. The largest absolute Gasteiger partial charge is 0.490 e. The number of nitrogens with one attached hydrogen (secondary N) is 1. The van der Waals surface area contributed by atoms with Crippen LogP contribution in [0.2, 0.25) is 0 Å². The number of halogens is 1. The molecule has 0 spiro atoms. The van der Waals surface area contributed by atoms with Gasteiger partial charge in [-0.2, -0.15) is 0 Å². The van der Waals surface area contributed by atoms with Gasteiger partial charge in [-0.05, 0) is 55.3 Å². The lowest BCUT2D eigenvalue weighted by atomic mass is 10.0. The van der Waals surface area contributed by atoms with Crippen LogP contribution >= 0.6 is 15.9 Å². The van der Waals surface area contributed by atoms with E-state index in [0.717, 1.165) is 47.5 Å². The predicted molar refractivity (Wildman–Crippen MR) is 108 cm³/mol. The number of nitrogens with zero attached hydrogens (tertiary/aromatic N) is 1. The Morgan fingerprint density at radius 3 is 2.81 bits per heavy atom. The van der Waals surface area contributed by atoms with Gasteiger partial charge in [0.05, 0.1) is 19.8 Å². The smallest absolute Gasteiger partial charge is 0.238 e. The van der Waals surface area contributed by atoms with E-state index in [1.807, 2.05) is 30.3 Å². The van der Waals surface area contributed by atoms with E-state index >= 15 is 0 Å². The Labute approximate surface area is 167 Å². The molecule has 0 aliphatic carbocycles. The zero-order valence-corrected chi connectivity index (χ0v) is 16.7. The monoisotopic (exact) mass is 430 g/mol. The number of hydrogen-bond acceptors (Lipinski definition) is 4. The fourth-order valence-electron chi connectivity index (χ4n) is 3.73. The number of carbonyl (C=O) groups excluding carboxylic acids is 1. The van der Waals surface area contributed by atoms with Crippen LogP contribution in [0.5, 0.6) is 11.5 Å². The molecule has 142 valence electrons. The van der Waals surface area contributed by atoms with Crippen molar-refractivity contribution < 1.29 is 14.3 Å². The van der Waals surface area contributed by atoms with Gasteiger partial charge in [-0.1, -0.05) is 28.1 Å². The second kappa shape index (κ2) is 8.31. The molecule has 6 heteroatoms. The second-order valence-electron chi connectivity index (χ2n) is 6.94. The fraction of sp³-hybridized carbons (Fsp3) is 0.381. The van der Waals surface area contributed by atoms with Crippen molar-refractivity contribution in [3.05, 3.63) is 52.5 Å². The van der Waals surface area contributed by atoms with Crippen LogP contribution in [-0.4, -0.2) is 37.1 Å². The highest BCUT2D eigenvalue weighted by molar-refractivity contribution is 9.10. The minimum Gasteiger partial charge on any atom is -0.490 e. The fourth-order valence-corrected chi connectivity index (χ4v) is 4.13. The summed E-state index contributed by atoms with van der Waals surface area (Å²) < 4.78 is 12.5. The summed E-state index contributed by atoms with van der Waals surface area (Å²) in [6.07, 6.45) is 3.03. The minimum absolute atomic E-state index is 0.00865. The Morgan fingerprint density at radius 1 is 1.11 bits per heavy atom. The molecule has 0 saturated carbocycles. The molecule has 5 nitrogen and oxygen atoms in total. The van der Waals surface area contributed by atoms with Gasteiger partial charge < -0.3 is 14.8 Å². The molecule has 1 atom stereocenters. The topological polar surface area (TPSA) is 50.8 Å². The summed E-state index contributed by atoms with van der Waals surface area (Å²) in [5.41, 5.74) is 1.99. The molecule has 27 heavy (non-hydrogen) atoms. The first-order valence-corrected chi connectivity index (χ1v) is 10.2. The third-order valence-corrected chi connectivity index (χ3v) is 5.47. The third-order valence-electron chi connectivity index (χ3n) is 4.98. The quantitative estimate of drug-likeness (QED) is 0.781. The molecule has 2 heterocycles. The maximum absolute atomic E-state index is 12.5. The zero-order chi connectivity index (χ0) is 18.6. The van der Waals surface area contributed by atoms with E-state index in [9.17, 15) is 4.79 Å². The van der Waals surface area contributed by atoms with Gasteiger partial charge in [0.2, 0.25) is 5.91 Å². The molecule has 1 N–H and O–H groups in total. The molecule has 0 aromatic heterocycles. The maximum atomic E-state index is 12.5. The lowest BCUT2D eigenvalue weighted by Gasteiger charge is -2.25. The number of carbonyl (C=O) groups is 1. The summed E-state index contributed by atoms with van der Waals surface area (Å²) in [6, 6.07) is 14.1. The van der Waals surface area contributed by atoms with Gasteiger partial charge in [-0.25, -0.2) is 0 Å². The van der Waals surface area contributed by atoms with Crippen LogP contribution in [0.25, 0.3) is 0 Å². The van der Waals surface area contributed by atoms with Crippen molar-refractivity contribution in [1.29, 1.82) is 0 Å². The van der Waals surface area contributed by atoms with Gasteiger partial charge in [-0.15, -0.1) is 0 Å². The molecule has 2 aliphatic heterocycles. The molecule has 2 aromatic rings. The Kier molecular flexibility index (Phi) is 5.64. The second-order valence-corrected chi connectivity index (χ2v) is 7.86. The van der Waals surface area contributed by atoms with E-state index in [0.29, 0.717) is 19.8 Å². The van der Waals surface area contributed by atoms with Crippen LogP contribution in [-0.2, 0) is 4.79 Å². The van der Waals surface area contributed by atoms with E-state index in [1.165, 1.54) is 5.56 Å². The Morgan fingerprint density at radius 2 is 1.96 bits per heavy atom. The van der Waals surface area contributed by atoms with Crippen molar-refractivity contribution in [3.8, 4) is 11.5 Å². The number of amides is 1. The summed E-state index contributed by atoms with van der Waals surface area (Å²) in [6.45, 7) is 2.67. The summed E-state index contributed by atoms with van der Waals surface area (Å²) in [7, 11) is 0. The number of hydrogen-bond donors (Lipinski definition) is 1. The van der Waals surface area contributed by atoms with E-state index in [1.54, 1.807) is 0 Å². The first kappa shape index (κ1) is 18.3. The lowest BCUT2D eigenvalue weighted by molar-refractivity contribution is -0.117. The Bertz CT molecular complexity index is 827. The van der Waals surface area contributed by atoms with Crippen LogP contribution < -0.4 is 14.8 Å². The van der Waals surface area contributed by atoms with Crippen LogP contribution in [0.1, 0.15) is 30.9 Å². The molecule has 1 saturated heterocycles. The van der Waals surface area contributed by atoms with Crippen molar-refractivity contribution >= 4 is 27.5 Å². The number of anilines is 1. The Balaban J connectivity index is 1.44. The number of benzene rings is 2. The van der Waals surface area contributed by atoms with E-state index in [4.69, 9.17) is 9.47 Å². The SMILES string of the molecule is O=C(CN1CCC[C@H]1c1ccc2c(c1)OCCCO2)Nc1cccc(Br)c1. The molecule has 0 unspecified atom stereocenters. The molecule has 2 aliphatic rings. The van der Waals surface area contributed by atoms with Crippen LogP contribution in [0, 0.1) is 0 Å². The number of likely N-dealkylation sites (tertiary alicyclic amines) is 1. The Hall–Kier alpha value is -2.05. The van der Waals surface area contributed by atoms with Crippen molar-refractivity contribution in [1.82, 2.24) is 4.90 Å². The highest BCUT2D eigenvalue weighted by Gasteiger charge is 2.28. The number of rotatable bonds is 4.